The van der Waals surface area contributed by atoms with E-state index in [2.05, 4.69) is 5.32 Å². The number of nitrogens with one attached hydrogen (secondary N) is 1. The Kier molecular flexibility index (Phi) is 1.60. The third-order valence-corrected chi connectivity index (χ3v) is 2.77. The molecular formula is C8H13NO2. The van der Waals surface area contributed by atoms with Crippen LogP contribution in [0.1, 0.15) is 25.7 Å². The maximum atomic E-state index is 10.9. The van der Waals surface area contributed by atoms with E-state index in [1.807, 2.05) is 0 Å². The quantitative estimate of drug-likeness (QED) is 0.518. The van der Waals surface area contributed by atoms with Crippen molar-refractivity contribution in [3.63, 3.8) is 0 Å². The molecule has 0 aromatic heterocycles. The molecule has 1 aliphatic heterocycles. The zero-order chi connectivity index (χ0) is 7.84. The van der Waals surface area contributed by atoms with Gasteiger partial charge in [-0.25, -0.2) is 0 Å². The van der Waals surface area contributed by atoms with Gasteiger partial charge in [-0.3, -0.25) is 4.79 Å². The fourth-order valence-electron chi connectivity index (χ4n) is 2.19. The largest absolute Gasteiger partial charge is 0.391 e. The monoisotopic (exact) mass is 155 g/mol. The molecule has 1 aliphatic carbocycles. The molecule has 11 heavy (non-hydrogen) atoms. The molecule has 0 aromatic carbocycles. The summed E-state index contributed by atoms with van der Waals surface area (Å²) < 4.78 is 0. The van der Waals surface area contributed by atoms with Crippen molar-refractivity contribution in [2.75, 3.05) is 0 Å². The summed E-state index contributed by atoms with van der Waals surface area (Å²) in [5.74, 6) is 0.521. The molecule has 2 N–H and O–H groups in total. The second-order valence-corrected chi connectivity index (χ2v) is 3.56. The van der Waals surface area contributed by atoms with Crippen molar-refractivity contribution in [1.29, 1.82) is 0 Å². The van der Waals surface area contributed by atoms with E-state index in [9.17, 15) is 9.90 Å². The van der Waals surface area contributed by atoms with Crippen molar-refractivity contribution in [3.05, 3.63) is 0 Å². The topological polar surface area (TPSA) is 49.3 Å². The molecular weight excluding hydrogens is 142 g/mol. The van der Waals surface area contributed by atoms with Crippen LogP contribution in [-0.2, 0) is 4.79 Å². The van der Waals surface area contributed by atoms with Gasteiger partial charge in [0.2, 0.25) is 5.91 Å². The van der Waals surface area contributed by atoms with Gasteiger partial charge in [-0.05, 0) is 18.8 Å². The third kappa shape index (κ3) is 1.13. The Hall–Kier alpha value is -0.570. The highest BCUT2D eigenvalue weighted by Crippen LogP contribution is 2.31. The summed E-state index contributed by atoms with van der Waals surface area (Å²) in [4.78, 5) is 10.9. The Morgan fingerprint density at radius 3 is 3.00 bits per heavy atom. The van der Waals surface area contributed by atoms with Gasteiger partial charge in [-0.1, -0.05) is 6.42 Å². The van der Waals surface area contributed by atoms with Crippen molar-refractivity contribution in [2.24, 2.45) is 5.92 Å². The van der Waals surface area contributed by atoms with E-state index in [4.69, 9.17) is 0 Å². The summed E-state index contributed by atoms with van der Waals surface area (Å²) in [7, 11) is 0. The average molecular weight is 155 g/mol. The van der Waals surface area contributed by atoms with E-state index in [1.165, 1.54) is 0 Å². The fourth-order valence-corrected chi connectivity index (χ4v) is 2.19. The van der Waals surface area contributed by atoms with Crippen LogP contribution < -0.4 is 5.32 Å². The van der Waals surface area contributed by atoms with Crippen molar-refractivity contribution in [3.8, 4) is 0 Å². The number of aliphatic hydroxyl groups excluding tert-OH is 1. The Labute approximate surface area is 65.8 Å². The van der Waals surface area contributed by atoms with E-state index in [0.29, 0.717) is 12.3 Å². The Morgan fingerprint density at radius 2 is 2.27 bits per heavy atom. The molecule has 1 saturated heterocycles. The van der Waals surface area contributed by atoms with Gasteiger partial charge in [0.25, 0.3) is 0 Å². The Morgan fingerprint density at radius 1 is 1.45 bits per heavy atom. The standard InChI is InChI=1S/C8H13NO2/c10-6-3-1-2-5-4-7(11)9-8(5)6/h5-6,8,10H,1-4H2,(H,9,11)/t5-,6-,8+/m0/s1. The average Bonchev–Trinajstić information content (AvgIpc) is 2.31. The van der Waals surface area contributed by atoms with Gasteiger partial charge >= 0.3 is 0 Å². The number of carbonyl (C=O) groups is 1. The van der Waals surface area contributed by atoms with Crippen LogP contribution in [0, 0.1) is 5.92 Å². The normalized spacial score (nSPS) is 43.4. The molecule has 62 valence electrons. The number of hydrogen-bond acceptors (Lipinski definition) is 2. The second-order valence-electron chi connectivity index (χ2n) is 3.56. The number of rotatable bonds is 0. The molecule has 0 radical (unpaired) electrons. The number of carbonyl (C=O) groups excluding carboxylic acids is 1. The third-order valence-electron chi connectivity index (χ3n) is 2.77. The SMILES string of the molecule is O=C1C[C@@H]2CCC[C@H](O)[C@@H]2N1. The maximum absolute atomic E-state index is 10.9. The number of hydrogen-bond donors (Lipinski definition) is 2. The maximum Gasteiger partial charge on any atom is 0.220 e. The lowest BCUT2D eigenvalue weighted by molar-refractivity contribution is -0.119. The lowest BCUT2D eigenvalue weighted by Crippen LogP contribution is -2.42. The number of amides is 1. The van der Waals surface area contributed by atoms with Crippen LogP contribution in [0.25, 0.3) is 0 Å². The van der Waals surface area contributed by atoms with Gasteiger partial charge in [0.15, 0.2) is 0 Å². The molecule has 2 rings (SSSR count). The van der Waals surface area contributed by atoms with Gasteiger partial charge in [-0.2, -0.15) is 0 Å². The molecule has 2 fully saturated rings. The van der Waals surface area contributed by atoms with E-state index in [1.54, 1.807) is 0 Å². The summed E-state index contributed by atoms with van der Waals surface area (Å²) >= 11 is 0. The molecule has 3 nitrogen and oxygen atoms in total. The minimum absolute atomic E-state index is 0.0660. The summed E-state index contributed by atoms with van der Waals surface area (Å²) in [6.07, 6.45) is 3.35. The van der Waals surface area contributed by atoms with Crippen molar-refractivity contribution >= 4 is 5.91 Å². The first-order valence-corrected chi connectivity index (χ1v) is 4.25. The van der Waals surface area contributed by atoms with Crippen molar-refractivity contribution in [2.45, 2.75) is 37.8 Å². The minimum Gasteiger partial charge on any atom is -0.391 e. The highest BCUT2D eigenvalue weighted by Gasteiger charge is 2.39. The molecule has 0 bridgehead atoms. The summed E-state index contributed by atoms with van der Waals surface area (Å²) in [6, 6.07) is 0.0660. The van der Waals surface area contributed by atoms with E-state index >= 15 is 0 Å². The Bertz CT molecular complexity index is 181. The van der Waals surface area contributed by atoms with Crippen LogP contribution in [0.5, 0.6) is 0 Å². The van der Waals surface area contributed by atoms with E-state index in [0.717, 1.165) is 19.3 Å². The first-order valence-electron chi connectivity index (χ1n) is 4.25. The molecule has 1 amide bonds. The van der Waals surface area contributed by atoms with Crippen LogP contribution in [0.4, 0.5) is 0 Å². The Balaban J connectivity index is 2.09. The number of aliphatic hydroxyl groups is 1. The molecule has 1 saturated carbocycles. The van der Waals surface area contributed by atoms with Gasteiger partial charge in [0.05, 0.1) is 12.1 Å². The first-order chi connectivity index (χ1) is 5.27. The van der Waals surface area contributed by atoms with Gasteiger partial charge < -0.3 is 10.4 Å². The predicted molar refractivity (Wildman–Crippen MR) is 39.9 cm³/mol. The lowest BCUT2D eigenvalue weighted by atomic mass is 9.83. The van der Waals surface area contributed by atoms with Crippen LogP contribution in [0.2, 0.25) is 0 Å². The van der Waals surface area contributed by atoms with Crippen LogP contribution in [0.3, 0.4) is 0 Å². The molecule has 0 unspecified atom stereocenters. The molecule has 0 spiro atoms. The molecule has 3 heteroatoms. The highest BCUT2D eigenvalue weighted by molar-refractivity contribution is 5.79. The van der Waals surface area contributed by atoms with Crippen LogP contribution >= 0.6 is 0 Å². The predicted octanol–water partition coefficient (Wildman–Crippen LogP) is 0.0359. The first kappa shape index (κ1) is 7.10. The summed E-state index contributed by atoms with van der Waals surface area (Å²) in [5.41, 5.74) is 0. The smallest absolute Gasteiger partial charge is 0.220 e. The fraction of sp³-hybridized carbons (Fsp3) is 0.875. The number of fused-ring (bicyclic) bond motifs is 1. The van der Waals surface area contributed by atoms with Crippen molar-refractivity contribution in [1.82, 2.24) is 5.32 Å². The van der Waals surface area contributed by atoms with Crippen LogP contribution in [-0.4, -0.2) is 23.2 Å². The van der Waals surface area contributed by atoms with Crippen molar-refractivity contribution < 1.29 is 9.90 Å². The zero-order valence-corrected chi connectivity index (χ0v) is 6.42. The summed E-state index contributed by atoms with van der Waals surface area (Å²) in [5, 5.41) is 12.3. The highest BCUT2D eigenvalue weighted by atomic mass is 16.3. The lowest BCUT2D eigenvalue weighted by Gasteiger charge is -2.29. The zero-order valence-electron chi connectivity index (χ0n) is 6.42. The molecule has 0 aromatic rings. The van der Waals surface area contributed by atoms with Crippen LogP contribution in [0.15, 0.2) is 0 Å². The molecule has 1 heterocycles. The molecule has 3 atom stereocenters. The van der Waals surface area contributed by atoms with E-state index in [-0.39, 0.29) is 18.1 Å². The van der Waals surface area contributed by atoms with Gasteiger partial charge in [-0.15, -0.1) is 0 Å². The van der Waals surface area contributed by atoms with E-state index < -0.39 is 0 Å². The van der Waals surface area contributed by atoms with Gasteiger partial charge in [0.1, 0.15) is 0 Å². The second kappa shape index (κ2) is 2.48. The van der Waals surface area contributed by atoms with Gasteiger partial charge in [0, 0.05) is 6.42 Å². The molecule has 2 aliphatic rings. The minimum atomic E-state index is -0.291. The summed E-state index contributed by atoms with van der Waals surface area (Å²) in [6.45, 7) is 0.